The Balaban J connectivity index is 1.60. The number of ether oxygens (including phenoxy) is 1. The molecule has 1 aromatic rings. The van der Waals surface area contributed by atoms with Crippen LogP contribution in [-0.4, -0.2) is 60.5 Å². The Morgan fingerprint density at radius 1 is 1.45 bits per heavy atom. The Bertz CT molecular complexity index is 515. The van der Waals surface area contributed by atoms with E-state index in [0.29, 0.717) is 5.15 Å². The highest BCUT2D eigenvalue weighted by molar-refractivity contribution is 7.16. The third kappa shape index (κ3) is 3.26. The Morgan fingerprint density at radius 3 is 2.77 bits per heavy atom. The van der Waals surface area contributed by atoms with E-state index in [1.165, 1.54) is 0 Å². The molecule has 0 amide bonds. The molecule has 22 heavy (non-hydrogen) atoms. The normalized spacial score (nSPS) is 25.5. The van der Waals surface area contributed by atoms with Crippen LogP contribution in [0.15, 0.2) is 0 Å². The predicted octanol–water partition coefficient (Wildman–Crippen LogP) is 2.37. The maximum absolute atomic E-state index is 10.3. The average Bonchev–Trinajstić information content (AvgIpc) is 2.86. The van der Waals surface area contributed by atoms with Crippen LogP contribution in [0.4, 0.5) is 5.13 Å². The first-order valence-electron chi connectivity index (χ1n) is 7.87. The SMILES string of the molecule is CN(C)c1nc(Cl)c(CN2CCC3(CC2)OCCC[C@@H]3O)s1. The summed E-state index contributed by atoms with van der Waals surface area (Å²) in [4.78, 5) is 9.87. The fourth-order valence-corrected chi connectivity index (χ4v) is 4.51. The van der Waals surface area contributed by atoms with E-state index in [4.69, 9.17) is 16.3 Å². The van der Waals surface area contributed by atoms with E-state index in [1.54, 1.807) is 11.3 Å². The van der Waals surface area contributed by atoms with Crippen molar-refractivity contribution in [3.63, 3.8) is 0 Å². The first kappa shape index (κ1) is 16.5. The van der Waals surface area contributed by atoms with Gasteiger partial charge in [0.05, 0.1) is 16.6 Å². The van der Waals surface area contributed by atoms with Crippen molar-refractivity contribution in [2.75, 3.05) is 38.7 Å². The number of rotatable bonds is 3. The summed E-state index contributed by atoms with van der Waals surface area (Å²) in [6, 6.07) is 0. The van der Waals surface area contributed by atoms with Crippen molar-refractivity contribution in [3.05, 3.63) is 10.0 Å². The van der Waals surface area contributed by atoms with Gasteiger partial charge in [0.1, 0.15) is 5.15 Å². The van der Waals surface area contributed by atoms with Gasteiger partial charge < -0.3 is 14.7 Å². The van der Waals surface area contributed by atoms with E-state index in [1.807, 2.05) is 19.0 Å². The third-order valence-electron chi connectivity index (χ3n) is 4.71. The molecule has 0 bridgehead atoms. The molecule has 1 atom stereocenters. The Hall–Kier alpha value is -0.400. The quantitative estimate of drug-likeness (QED) is 0.911. The maximum Gasteiger partial charge on any atom is 0.186 e. The Morgan fingerprint density at radius 2 is 2.18 bits per heavy atom. The van der Waals surface area contributed by atoms with Crippen LogP contribution in [0.3, 0.4) is 0 Å². The fraction of sp³-hybridized carbons (Fsp3) is 0.800. The number of hydrogen-bond acceptors (Lipinski definition) is 6. The fourth-order valence-electron chi connectivity index (χ4n) is 3.29. The number of piperidine rings is 1. The molecule has 3 rings (SSSR count). The zero-order valence-corrected chi connectivity index (χ0v) is 14.8. The van der Waals surface area contributed by atoms with Crippen LogP contribution in [-0.2, 0) is 11.3 Å². The molecule has 1 N–H and O–H groups in total. The van der Waals surface area contributed by atoms with Crippen LogP contribution >= 0.6 is 22.9 Å². The van der Waals surface area contributed by atoms with Gasteiger partial charge in [0.25, 0.3) is 0 Å². The van der Waals surface area contributed by atoms with Gasteiger partial charge in [0, 0.05) is 40.3 Å². The van der Waals surface area contributed by atoms with Crippen LogP contribution in [0, 0.1) is 0 Å². The van der Waals surface area contributed by atoms with Crippen LogP contribution in [0.1, 0.15) is 30.6 Å². The van der Waals surface area contributed by atoms with Gasteiger partial charge in [-0.1, -0.05) is 22.9 Å². The lowest BCUT2D eigenvalue weighted by Crippen LogP contribution is -2.55. The summed E-state index contributed by atoms with van der Waals surface area (Å²) >= 11 is 7.90. The molecule has 2 aliphatic rings. The smallest absolute Gasteiger partial charge is 0.186 e. The van der Waals surface area contributed by atoms with Gasteiger partial charge in [-0.15, -0.1) is 0 Å². The summed E-state index contributed by atoms with van der Waals surface area (Å²) in [6.07, 6.45) is 3.32. The van der Waals surface area contributed by atoms with Gasteiger partial charge in [0.2, 0.25) is 0 Å². The highest BCUT2D eigenvalue weighted by Crippen LogP contribution is 2.36. The minimum absolute atomic E-state index is 0.305. The van der Waals surface area contributed by atoms with Gasteiger partial charge in [-0.25, -0.2) is 4.98 Å². The molecule has 1 spiro atoms. The maximum atomic E-state index is 10.3. The second-order valence-electron chi connectivity index (χ2n) is 6.45. The molecule has 0 aromatic carbocycles. The summed E-state index contributed by atoms with van der Waals surface area (Å²) in [7, 11) is 3.96. The van der Waals surface area contributed by atoms with Crippen molar-refractivity contribution in [2.45, 2.75) is 43.9 Å². The van der Waals surface area contributed by atoms with E-state index in [0.717, 1.165) is 61.9 Å². The molecule has 0 unspecified atom stereocenters. The van der Waals surface area contributed by atoms with Gasteiger partial charge in [-0.2, -0.15) is 0 Å². The molecule has 2 saturated heterocycles. The number of aliphatic hydroxyl groups is 1. The van der Waals surface area contributed by atoms with Crippen LogP contribution in [0.5, 0.6) is 0 Å². The molecule has 2 fully saturated rings. The lowest BCUT2D eigenvalue weighted by Gasteiger charge is -2.46. The lowest BCUT2D eigenvalue weighted by atomic mass is 9.82. The zero-order chi connectivity index (χ0) is 15.7. The van der Waals surface area contributed by atoms with Crippen molar-refractivity contribution in [2.24, 2.45) is 0 Å². The molecular formula is C15H24ClN3O2S. The van der Waals surface area contributed by atoms with E-state index < -0.39 is 0 Å². The predicted molar refractivity (Wildman–Crippen MR) is 89.9 cm³/mol. The first-order chi connectivity index (χ1) is 10.5. The topological polar surface area (TPSA) is 48.8 Å². The number of thiazole rings is 1. The van der Waals surface area contributed by atoms with Gasteiger partial charge in [-0.05, 0) is 25.7 Å². The van der Waals surface area contributed by atoms with E-state index in [9.17, 15) is 5.11 Å². The molecule has 2 aliphatic heterocycles. The minimum Gasteiger partial charge on any atom is -0.390 e. The largest absolute Gasteiger partial charge is 0.390 e. The van der Waals surface area contributed by atoms with E-state index >= 15 is 0 Å². The van der Waals surface area contributed by atoms with E-state index in [-0.39, 0.29) is 11.7 Å². The molecule has 0 aliphatic carbocycles. The molecule has 3 heterocycles. The van der Waals surface area contributed by atoms with Crippen molar-refractivity contribution < 1.29 is 9.84 Å². The number of aromatic nitrogens is 1. The summed E-state index contributed by atoms with van der Waals surface area (Å²) in [6.45, 7) is 3.48. The second-order valence-corrected chi connectivity index (χ2v) is 7.87. The molecule has 124 valence electrons. The number of nitrogens with zero attached hydrogens (tertiary/aromatic N) is 3. The molecule has 5 nitrogen and oxygen atoms in total. The Labute approximate surface area is 140 Å². The summed E-state index contributed by atoms with van der Waals surface area (Å²) in [5, 5.41) is 11.8. The van der Waals surface area contributed by atoms with E-state index in [2.05, 4.69) is 9.88 Å². The average molecular weight is 346 g/mol. The molecule has 1 aromatic heterocycles. The molecular weight excluding hydrogens is 322 g/mol. The van der Waals surface area contributed by atoms with Crippen molar-refractivity contribution >= 4 is 28.1 Å². The third-order valence-corrected chi connectivity index (χ3v) is 6.34. The van der Waals surface area contributed by atoms with Crippen LogP contribution in [0.2, 0.25) is 5.15 Å². The number of hydrogen-bond donors (Lipinski definition) is 1. The van der Waals surface area contributed by atoms with Crippen molar-refractivity contribution in [3.8, 4) is 0 Å². The van der Waals surface area contributed by atoms with Crippen LogP contribution in [0.25, 0.3) is 0 Å². The minimum atomic E-state index is -0.310. The number of likely N-dealkylation sites (tertiary alicyclic amines) is 1. The van der Waals surface area contributed by atoms with Crippen molar-refractivity contribution in [1.82, 2.24) is 9.88 Å². The summed E-state index contributed by atoms with van der Waals surface area (Å²) < 4.78 is 5.96. The molecule has 0 saturated carbocycles. The molecule has 0 radical (unpaired) electrons. The second kappa shape index (κ2) is 6.61. The zero-order valence-electron chi connectivity index (χ0n) is 13.2. The number of halogens is 1. The summed E-state index contributed by atoms with van der Waals surface area (Å²) in [5.41, 5.74) is -0.305. The number of aliphatic hydroxyl groups excluding tert-OH is 1. The standard InChI is InChI=1S/C15H24ClN3O2S/c1-18(2)14-17-13(16)11(22-14)10-19-7-5-15(6-8-19)12(20)4-3-9-21-15/h12,20H,3-10H2,1-2H3/t12-/m0/s1. The van der Waals surface area contributed by atoms with Crippen molar-refractivity contribution in [1.29, 1.82) is 0 Å². The van der Waals surface area contributed by atoms with Gasteiger partial charge >= 0.3 is 0 Å². The number of anilines is 1. The van der Waals surface area contributed by atoms with Gasteiger partial charge in [-0.3, -0.25) is 4.90 Å². The highest BCUT2D eigenvalue weighted by Gasteiger charge is 2.43. The molecule has 7 heteroatoms. The Kier molecular flexibility index (Phi) is 4.95. The lowest BCUT2D eigenvalue weighted by molar-refractivity contribution is -0.177. The summed E-state index contributed by atoms with van der Waals surface area (Å²) in [5.74, 6) is 0. The van der Waals surface area contributed by atoms with Crippen LogP contribution < -0.4 is 4.90 Å². The van der Waals surface area contributed by atoms with Gasteiger partial charge in [0.15, 0.2) is 5.13 Å². The monoisotopic (exact) mass is 345 g/mol. The highest BCUT2D eigenvalue weighted by atomic mass is 35.5. The first-order valence-corrected chi connectivity index (χ1v) is 9.06.